The molecule has 2 heterocycles. The van der Waals surface area contributed by atoms with Crippen LogP contribution in [0.4, 0.5) is 11.8 Å². The van der Waals surface area contributed by atoms with Crippen LogP contribution >= 0.6 is 0 Å². The van der Waals surface area contributed by atoms with Crippen LogP contribution in [-0.2, 0) is 6.42 Å². The highest BCUT2D eigenvalue weighted by atomic mass is 16.1. The highest BCUT2D eigenvalue weighted by Crippen LogP contribution is 2.19. The third kappa shape index (κ3) is 1.86. The van der Waals surface area contributed by atoms with Crippen LogP contribution in [0.25, 0.3) is 0 Å². The molecule has 0 aliphatic carbocycles. The van der Waals surface area contributed by atoms with Gasteiger partial charge in [0.2, 0.25) is 5.95 Å². The number of nitrogens with zero attached hydrogens (tertiary/aromatic N) is 1. The van der Waals surface area contributed by atoms with E-state index in [0.29, 0.717) is 17.8 Å². The molecule has 0 unspecified atom stereocenters. The Bertz CT molecular complexity index is 461. The lowest BCUT2D eigenvalue weighted by Gasteiger charge is -2.04. The van der Waals surface area contributed by atoms with Crippen molar-refractivity contribution in [3.63, 3.8) is 0 Å². The first-order chi connectivity index (χ1) is 7.20. The Balaban J connectivity index is 2.43. The first kappa shape index (κ1) is 9.76. The maximum Gasteiger partial charge on any atom is 0.257 e. The van der Waals surface area contributed by atoms with E-state index in [-0.39, 0.29) is 11.5 Å². The number of fused-ring (bicyclic) bond motifs is 1. The van der Waals surface area contributed by atoms with Crippen LogP contribution < -0.4 is 16.6 Å². The maximum atomic E-state index is 11.6. The molecule has 0 spiro atoms. The second-order valence-electron chi connectivity index (χ2n) is 3.58. The van der Waals surface area contributed by atoms with E-state index in [2.05, 4.69) is 22.2 Å². The summed E-state index contributed by atoms with van der Waals surface area (Å²) in [6.45, 7) is 2.09. The summed E-state index contributed by atoms with van der Waals surface area (Å²) in [6, 6.07) is 0. The van der Waals surface area contributed by atoms with Gasteiger partial charge in [0.25, 0.3) is 5.56 Å². The lowest BCUT2D eigenvalue weighted by Crippen LogP contribution is -2.18. The molecule has 1 aliphatic rings. The van der Waals surface area contributed by atoms with Crippen molar-refractivity contribution in [2.75, 3.05) is 11.1 Å². The molecule has 0 bridgehead atoms. The van der Waals surface area contributed by atoms with E-state index in [0.717, 1.165) is 12.8 Å². The summed E-state index contributed by atoms with van der Waals surface area (Å²) < 4.78 is 0. The second kappa shape index (κ2) is 3.76. The Morgan fingerprint density at radius 2 is 2.33 bits per heavy atom. The summed E-state index contributed by atoms with van der Waals surface area (Å²) in [6.07, 6.45) is 4.50. The molecule has 15 heavy (non-hydrogen) atoms. The third-order valence-corrected chi connectivity index (χ3v) is 2.60. The molecule has 4 N–H and O–H groups in total. The van der Waals surface area contributed by atoms with Gasteiger partial charge in [-0.2, -0.15) is 4.98 Å². The van der Waals surface area contributed by atoms with Gasteiger partial charge in [0.15, 0.2) is 0 Å². The summed E-state index contributed by atoms with van der Waals surface area (Å²) in [5.74, 6) is 0.735. The normalized spacial score (nSPS) is 14.9. The van der Waals surface area contributed by atoms with E-state index in [4.69, 9.17) is 5.73 Å². The Morgan fingerprint density at radius 1 is 1.53 bits per heavy atom. The van der Waals surface area contributed by atoms with Gasteiger partial charge in [-0.05, 0) is 19.3 Å². The van der Waals surface area contributed by atoms with Crippen LogP contribution in [0.2, 0.25) is 0 Å². The first-order valence-corrected chi connectivity index (χ1v) is 5.04. The molecule has 5 nitrogen and oxygen atoms in total. The van der Waals surface area contributed by atoms with Crippen LogP contribution in [0, 0.1) is 0 Å². The molecule has 0 saturated carbocycles. The summed E-state index contributed by atoms with van der Waals surface area (Å²) >= 11 is 0. The quantitative estimate of drug-likeness (QED) is 0.640. The van der Waals surface area contributed by atoms with Crippen LogP contribution in [-0.4, -0.2) is 9.97 Å². The Hall–Kier alpha value is -1.78. The van der Waals surface area contributed by atoms with Gasteiger partial charge >= 0.3 is 0 Å². The van der Waals surface area contributed by atoms with Gasteiger partial charge in [0.05, 0.1) is 5.56 Å². The number of hydrogen-bond acceptors (Lipinski definition) is 4. The smallest absolute Gasteiger partial charge is 0.257 e. The number of anilines is 2. The third-order valence-electron chi connectivity index (χ3n) is 2.60. The van der Waals surface area contributed by atoms with E-state index < -0.39 is 0 Å². The van der Waals surface area contributed by atoms with Crippen LogP contribution in [0.15, 0.2) is 16.6 Å². The predicted octanol–water partition coefficient (Wildman–Crippen LogP) is 1.00. The topological polar surface area (TPSA) is 83.8 Å². The highest BCUT2D eigenvalue weighted by molar-refractivity contribution is 5.50. The summed E-state index contributed by atoms with van der Waals surface area (Å²) in [4.78, 5) is 18.2. The zero-order chi connectivity index (χ0) is 10.8. The minimum Gasteiger partial charge on any atom is -0.369 e. The predicted molar refractivity (Wildman–Crippen MR) is 59.6 cm³/mol. The molecule has 1 aromatic rings. The summed E-state index contributed by atoms with van der Waals surface area (Å²) in [5.41, 5.74) is 7.30. The average Bonchev–Trinajstić information content (AvgIpc) is 2.40. The number of H-pyrrole nitrogens is 1. The van der Waals surface area contributed by atoms with Crippen LogP contribution in [0.5, 0.6) is 0 Å². The van der Waals surface area contributed by atoms with Crippen molar-refractivity contribution in [3.05, 3.63) is 27.7 Å². The van der Waals surface area contributed by atoms with Crippen molar-refractivity contribution >= 4 is 11.8 Å². The fourth-order valence-corrected chi connectivity index (χ4v) is 1.67. The van der Waals surface area contributed by atoms with Crippen molar-refractivity contribution in [1.29, 1.82) is 0 Å². The SMILES string of the molecule is CCC1=CNc2nc(N)[nH]c(=O)c2CC1. The Labute approximate surface area is 87.4 Å². The van der Waals surface area contributed by atoms with Crippen molar-refractivity contribution in [1.82, 2.24) is 9.97 Å². The maximum absolute atomic E-state index is 11.6. The molecular weight excluding hydrogens is 192 g/mol. The lowest BCUT2D eigenvalue weighted by atomic mass is 10.1. The van der Waals surface area contributed by atoms with Gasteiger partial charge in [-0.15, -0.1) is 0 Å². The van der Waals surface area contributed by atoms with E-state index in [1.165, 1.54) is 5.57 Å². The van der Waals surface area contributed by atoms with Gasteiger partial charge in [-0.3, -0.25) is 9.78 Å². The number of allylic oxidation sites excluding steroid dienone is 1. The molecule has 0 amide bonds. The number of rotatable bonds is 1. The number of nitrogens with two attached hydrogens (primary N) is 1. The highest BCUT2D eigenvalue weighted by Gasteiger charge is 2.13. The molecule has 0 radical (unpaired) electrons. The van der Waals surface area contributed by atoms with E-state index in [1.807, 2.05) is 6.20 Å². The molecule has 5 heteroatoms. The first-order valence-electron chi connectivity index (χ1n) is 5.04. The van der Waals surface area contributed by atoms with Crippen molar-refractivity contribution < 1.29 is 0 Å². The molecule has 80 valence electrons. The standard InChI is InChI=1S/C10H14N4O/c1-2-6-3-4-7-8(12-5-6)13-10(11)14-9(7)15/h5H,2-4H2,1H3,(H4,11,12,13,14,15). The average molecular weight is 206 g/mol. The number of aromatic nitrogens is 2. The minimum absolute atomic E-state index is 0.143. The molecule has 0 fully saturated rings. The van der Waals surface area contributed by atoms with Crippen molar-refractivity contribution in [3.8, 4) is 0 Å². The number of hydrogen-bond donors (Lipinski definition) is 3. The molecule has 0 atom stereocenters. The number of aromatic amines is 1. The van der Waals surface area contributed by atoms with E-state index >= 15 is 0 Å². The van der Waals surface area contributed by atoms with Crippen molar-refractivity contribution in [2.24, 2.45) is 0 Å². The molecular formula is C10H14N4O. The monoisotopic (exact) mass is 206 g/mol. The van der Waals surface area contributed by atoms with Gasteiger partial charge in [-0.1, -0.05) is 12.5 Å². The van der Waals surface area contributed by atoms with Gasteiger partial charge in [-0.25, -0.2) is 0 Å². The largest absolute Gasteiger partial charge is 0.369 e. The van der Waals surface area contributed by atoms with E-state index in [9.17, 15) is 4.79 Å². The minimum atomic E-state index is -0.143. The molecule has 2 rings (SSSR count). The Kier molecular flexibility index (Phi) is 2.45. The molecule has 0 saturated heterocycles. The Morgan fingerprint density at radius 3 is 3.07 bits per heavy atom. The molecule has 1 aromatic heterocycles. The van der Waals surface area contributed by atoms with Gasteiger partial charge in [0, 0.05) is 6.20 Å². The molecule has 0 aromatic carbocycles. The van der Waals surface area contributed by atoms with Crippen LogP contribution in [0.3, 0.4) is 0 Å². The fourth-order valence-electron chi connectivity index (χ4n) is 1.67. The second-order valence-corrected chi connectivity index (χ2v) is 3.58. The number of nitrogens with one attached hydrogen (secondary N) is 2. The molecule has 1 aliphatic heterocycles. The lowest BCUT2D eigenvalue weighted by molar-refractivity contribution is 0.878. The van der Waals surface area contributed by atoms with Crippen molar-refractivity contribution in [2.45, 2.75) is 26.2 Å². The summed E-state index contributed by atoms with van der Waals surface area (Å²) in [5, 5.41) is 3.03. The fraction of sp³-hybridized carbons (Fsp3) is 0.400. The van der Waals surface area contributed by atoms with Gasteiger partial charge < -0.3 is 11.1 Å². The zero-order valence-corrected chi connectivity index (χ0v) is 8.63. The van der Waals surface area contributed by atoms with Gasteiger partial charge in [0.1, 0.15) is 5.82 Å². The van der Waals surface area contributed by atoms with Crippen LogP contribution in [0.1, 0.15) is 25.3 Å². The van der Waals surface area contributed by atoms with E-state index in [1.54, 1.807) is 0 Å². The zero-order valence-electron chi connectivity index (χ0n) is 8.63. The summed E-state index contributed by atoms with van der Waals surface area (Å²) in [7, 11) is 0. The number of nitrogen functional groups attached to an aromatic ring is 1.